The summed E-state index contributed by atoms with van der Waals surface area (Å²) in [5.41, 5.74) is 2.61. The summed E-state index contributed by atoms with van der Waals surface area (Å²) >= 11 is 0. The second kappa shape index (κ2) is 9.63. The van der Waals surface area contributed by atoms with Crippen LogP contribution in [0.25, 0.3) is 0 Å². The summed E-state index contributed by atoms with van der Waals surface area (Å²) in [6.07, 6.45) is 0.196. The Balaban J connectivity index is 1.72. The van der Waals surface area contributed by atoms with Gasteiger partial charge in [0.25, 0.3) is 0 Å². The molecule has 5 heteroatoms. The van der Waals surface area contributed by atoms with Gasteiger partial charge in [-0.25, -0.2) is 0 Å². The predicted molar refractivity (Wildman–Crippen MR) is 106 cm³/mol. The third-order valence-corrected chi connectivity index (χ3v) is 6.02. The van der Waals surface area contributed by atoms with Gasteiger partial charge in [-0.2, -0.15) is 0 Å². The molecule has 1 N–H and O–H groups in total. The van der Waals surface area contributed by atoms with E-state index in [1.54, 1.807) is 0 Å². The zero-order valence-electron chi connectivity index (χ0n) is 15.0. The van der Waals surface area contributed by atoms with Gasteiger partial charge in [0.1, 0.15) is 0 Å². The Bertz CT molecular complexity index is 806. The van der Waals surface area contributed by atoms with Crippen LogP contribution in [0.3, 0.4) is 0 Å². The van der Waals surface area contributed by atoms with Gasteiger partial charge in [0.2, 0.25) is 0 Å². The van der Waals surface area contributed by atoms with Crippen molar-refractivity contribution in [2.24, 2.45) is 0 Å². The van der Waals surface area contributed by atoms with Crippen LogP contribution in [-0.4, -0.2) is 11.0 Å². The van der Waals surface area contributed by atoms with E-state index in [2.05, 4.69) is 0 Å². The monoisotopic (exact) mass is 382 g/mol. The van der Waals surface area contributed by atoms with E-state index < -0.39 is 13.4 Å². The average molecular weight is 382 g/mol. The molecule has 0 heterocycles. The minimum atomic E-state index is -3.75. The molecule has 0 aliphatic carbocycles. The zero-order valence-corrected chi connectivity index (χ0v) is 15.9. The fourth-order valence-electron chi connectivity index (χ4n) is 2.62. The largest absolute Gasteiger partial charge is 0.380 e. The van der Waals surface area contributed by atoms with Gasteiger partial charge in [-0.3, -0.25) is 4.57 Å². The van der Waals surface area contributed by atoms with Gasteiger partial charge in [-0.05, 0) is 16.7 Å². The van der Waals surface area contributed by atoms with E-state index in [9.17, 15) is 9.67 Å². The lowest BCUT2D eigenvalue weighted by Gasteiger charge is -2.23. The van der Waals surface area contributed by atoms with E-state index in [-0.39, 0.29) is 19.6 Å². The Morgan fingerprint density at radius 1 is 0.667 bits per heavy atom. The maximum atomic E-state index is 13.4. The van der Waals surface area contributed by atoms with Crippen molar-refractivity contribution in [1.29, 1.82) is 0 Å². The van der Waals surface area contributed by atoms with Crippen molar-refractivity contribution in [3.8, 4) is 0 Å². The fourth-order valence-corrected chi connectivity index (χ4v) is 4.13. The van der Waals surface area contributed by atoms with Crippen LogP contribution in [0.4, 0.5) is 0 Å². The van der Waals surface area contributed by atoms with E-state index in [0.717, 1.165) is 16.7 Å². The van der Waals surface area contributed by atoms with Crippen molar-refractivity contribution >= 4 is 7.60 Å². The van der Waals surface area contributed by atoms with Gasteiger partial charge >= 0.3 is 7.60 Å². The van der Waals surface area contributed by atoms with Gasteiger partial charge in [0.15, 0.2) is 5.85 Å². The standard InChI is InChI=1S/C22H23O4P/c23-22(16-19-10-4-1-5-11-19)27(24,25-17-20-12-6-2-7-13-20)26-18-21-14-8-3-9-15-21/h1-15,22-23H,16-18H2/t22-/m1/s1. The number of aliphatic hydroxyl groups excluding tert-OH is 1. The lowest BCUT2D eigenvalue weighted by atomic mass is 10.2. The molecule has 0 aromatic heterocycles. The van der Waals surface area contributed by atoms with Crippen molar-refractivity contribution in [1.82, 2.24) is 0 Å². The summed E-state index contributed by atoms with van der Waals surface area (Å²) in [7, 11) is -3.75. The van der Waals surface area contributed by atoms with E-state index in [1.165, 1.54) is 0 Å². The van der Waals surface area contributed by atoms with Gasteiger partial charge in [0.05, 0.1) is 13.2 Å². The first-order valence-corrected chi connectivity index (χ1v) is 10.5. The van der Waals surface area contributed by atoms with Crippen LogP contribution >= 0.6 is 7.60 Å². The van der Waals surface area contributed by atoms with Gasteiger partial charge in [-0.15, -0.1) is 0 Å². The fraction of sp³-hybridized carbons (Fsp3) is 0.182. The van der Waals surface area contributed by atoms with Gasteiger partial charge in [0, 0.05) is 6.42 Å². The SMILES string of the molecule is O=P(OCc1ccccc1)(OCc1ccccc1)[C@@H](O)Cc1ccccc1. The number of hydrogen-bond acceptors (Lipinski definition) is 4. The third-order valence-electron chi connectivity index (χ3n) is 4.13. The molecule has 0 spiro atoms. The van der Waals surface area contributed by atoms with Crippen molar-refractivity contribution in [3.05, 3.63) is 108 Å². The number of benzene rings is 3. The quantitative estimate of drug-likeness (QED) is 0.519. The van der Waals surface area contributed by atoms with Crippen molar-refractivity contribution < 1.29 is 18.7 Å². The van der Waals surface area contributed by atoms with Crippen LogP contribution in [0, 0.1) is 0 Å². The van der Waals surface area contributed by atoms with E-state index >= 15 is 0 Å². The number of hydrogen-bond donors (Lipinski definition) is 1. The molecule has 0 aliphatic rings. The molecule has 3 rings (SSSR count). The summed E-state index contributed by atoms with van der Waals surface area (Å²) in [5, 5.41) is 10.7. The number of rotatable bonds is 9. The Morgan fingerprint density at radius 2 is 1.04 bits per heavy atom. The van der Waals surface area contributed by atoms with Crippen molar-refractivity contribution in [2.45, 2.75) is 25.5 Å². The molecule has 0 amide bonds. The molecule has 27 heavy (non-hydrogen) atoms. The highest BCUT2D eigenvalue weighted by molar-refractivity contribution is 7.54. The highest BCUT2D eigenvalue weighted by Gasteiger charge is 2.35. The zero-order chi connectivity index (χ0) is 19.0. The molecular formula is C22H23O4P. The smallest absolute Gasteiger partial charge is 0.359 e. The highest BCUT2D eigenvalue weighted by atomic mass is 31.2. The Kier molecular flexibility index (Phi) is 6.97. The highest BCUT2D eigenvalue weighted by Crippen LogP contribution is 2.54. The maximum absolute atomic E-state index is 13.4. The molecule has 1 atom stereocenters. The molecule has 3 aromatic rings. The first-order chi connectivity index (χ1) is 13.2. The molecular weight excluding hydrogens is 359 g/mol. The molecule has 0 bridgehead atoms. The van der Waals surface area contributed by atoms with E-state index in [4.69, 9.17) is 9.05 Å². The van der Waals surface area contributed by atoms with Crippen LogP contribution in [0.5, 0.6) is 0 Å². The van der Waals surface area contributed by atoms with Crippen LogP contribution in [-0.2, 0) is 33.2 Å². The van der Waals surface area contributed by atoms with Crippen molar-refractivity contribution in [3.63, 3.8) is 0 Å². The topological polar surface area (TPSA) is 55.8 Å². The number of aliphatic hydroxyl groups is 1. The molecule has 0 saturated carbocycles. The molecule has 0 unspecified atom stereocenters. The second-order valence-corrected chi connectivity index (χ2v) is 8.42. The summed E-state index contributed by atoms with van der Waals surface area (Å²) in [4.78, 5) is 0. The lowest BCUT2D eigenvalue weighted by molar-refractivity contribution is 0.132. The summed E-state index contributed by atoms with van der Waals surface area (Å²) in [6.45, 7) is 0.220. The molecule has 4 nitrogen and oxygen atoms in total. The van der Waals surface area contributed by atoms with E-state index in [1.807, 2.05) is 91.0 Å². The second-order valence-electron chi connectivity index (χ2n) is 6.23. The molecule has 0 aliphatic heterocycles. The molecule has 140 valence electrons. The summed E-state index contributed by atoms with van der Waals surface area (Å²) < 4.78 is 24.7. The van der Waals surface area contributed by atoms with Gasteiger partial charge < -0.3 is 14.2 Å². The van der Waals surface area contributed by atoms with Crippen molar-refractivity contribution in [2.75, 3.05) is 0 Å². The van der Waals surface area contributed by atoms with Crippen LogP contribution in [0.15, 0.2) is 91.0 Å². The maximum Gasteiger partial charge on any atom is 0.359 e. The van der Waals surface area contributed by atoms with Crippen LogP contribution in [0.1, 0.15) is 16.7 Å². The van der Waals surface area contributed by atoms with E-state index in [0.29, 0.717) is 0 Å². The molecule has 3 aromatic carbocycles. The molecule has 0 fully saturated rings. The minimum Gasteiger partial charge on any atom is -0.380 e. The third kappa shape index (κ3) is 5.88. The first kappa shape index (κ1) is 19.5. The Morgan fingerprint density at radius 3 is 1.44 bits per heavy atom. The summed E-state index contributed by atoms with van der Waals surface area (Å²) in [5.74, 6) is -1.24. The van der Waals surface area contributed by atoms with Crippen LogP contribution < -0.4 is 0 Å². The lowest BCUT2D eigenvalue weighted by Crippen LogP contribution is -2.15. The molecule has 0 saturated heterocycles. The summed E-state index contributed by atoms with van der Waals surface area (Å²) in [6, 6.07) is 28.3. The predicted octanol–water partition coefficient (Wildman–Crippen LogP) is 5.17. The molecule has 0 radical (unpaired) electrons. The first-order valence-electron chi connectivity index (χ1n) is 8.84. The van der Waals surface area contributed by atoms with Crippen LogP contribution in [0.2, 0.25) is 0 Å². The normalized spacial score (nSPS) is 12.6. The van der Waals surface area contributed by atoms with Gasteiger partial charge in [-0.1, -0.05) is 91.0 Å². The Hall–Kier alpha value is -2.23. The average Bonchev–Trinajstić information content (AvgIpc) is 2.73. The minimum absolute atomic E-state index is 0.110. The Labute approximate surface area is 159 Å².